The molecule has 4 aromatic rings. The summed E-state index contributed by atoms with van der Waals surface area (Å²) in [5.41, 5.74) is 10.0. The molecule has 1 aliphatic rings. The third kappa shape index (κ3) is 1.92. The van der Waals surface area contributed by atoms with Crippen LogP contribution in [0.25, 0.3) is 27.8 Å². The van der Waals surface area contributed by atoms with Crippen molar-refractivity contribution in [2.45, 2.75) is 25.2 Å². The number of nitrogens with one attached hydrogen (secondary N) is 1. The number of nitrogens with two attached hydrogens (primary N) is 1. The van der Waals surface area contributed by atoms with E-state index in [1.54, 1.807) is 6.20 Å². The van der Waals surface area contributed by atoms with E-state index in [0.717, 1.165) is 38.1 Å². The molecular weight excluding hydrogens is 366 g/mol. The Morgan fingerprint density at radius 2 is 2.17 bits per heavy atom. The van der Waals surface area contributed by atoms with Crippen LogP contribution in [0.4, 0.5) is 5.82 Å². The molecule has 0 radical (unpaired) electrons. The van der Waals surface area contributed by atoms with E-state index in [-0.39, 0.29) is 0 Å². The normalized spacial score (nSPS) is 15.2. The summed E-state index contributed by atoms with van der Waals surface area (Å²) in [6, 6.07) is 8.25. The lowest BCUT2D eigenvalue weighted by molar-refractivity contribution is 0.400. The van der Waals surface area contributed by atoms with Gasteiger partial charge in [-0.25, -0.2) is 9.97 Å². The second-order valence-electron chi connectivity index (χ2n) is 6.36. The molecule has 0 unspecified atom stereocenters. The van der Waals surface area contributed by atoms with Crippen LogP contribution in [0, 0.1) is 0 Å². The molecule has 0 spiro atoms. The van der Waals surface area contributed by atoms with E-state index in [1.165, 1.54) is 19.3 Å². The van der Waals surface area contributed by atoms with E-state index in [1.807, 2.05) is 18.3 Å². The van der Waals surface area contributed by atoms with Crippen LogP contribution >= 0.6 is 15.9 Å². The number of aromatic amines is 1. The van der Waals surface area contributed by atoms with Gasteiger partial charge in [-0.3, -0.25) is 4.40 Å². The lowest BCUT2D eigenvalue weighted by Gasteiger charge is -2.23. The molecule has 0 aliphatic heterocycles. The predicted molar refractivity (Wildman–Crippen MR) is 99.0 cm³/mol. The van der Waals surface area contributed by atoms with Crippen LogP contribution in [0.3, 0.4) is 0 Å². The van der Waals surface area contributed by atoms with Gasteiger partial charge in [0.2, 0.25) is 0 Å². The zero-order valence-electron chi connectivity index (χ0n) is 13.0. The molecule has 120 valence electrons. The van der Waals surface area contributed by atoms with Crippen LogP contribution in [0.5, 0.6) is 0 Å². The Bertz CT molecular complexity index is 1070. The van der Waals surface area contributed by atoms with Crippen molar-refractivity contribution in [2.75, 3.05) is 5.73 Å². The number of nitrogen functional groups attached to an aromatic ring is 1. The summed E-state index contributed by atoms with van der Waals surface area (Å²) in [6.07, 6.45) is 7.37. The van der Waals surface area contributed by atoms with E-state index in [2.05, 4.69) is 42.4 Å². The number of anilines is 1. The molecule has 1 aromatic carbocycles. The fourth-order valence-electron chi connectivity index (χ4n) is 3.48. The smallest absolute Gasteiger partial charge is 0.150 e. The number of imidazole rings is 1. The van der Waals surface area contributed by atoms with Gasteiger partial charge in [-0.2, -0.15) is 0 Å². The first-order valence-corrected chi connectivity index (χ1v) is 8.91. The molecule has 3 aromatic heterocycles. The highest BCUT2D eigenvalue weighted by atomic mass is 79.9. The summed E-state index contributed by atoms with van der Waals surface area (Å²) in [5.74, 6) is 2.13. The first kappa shape index (κ1) is 14.0. The predicted octanol–water partition coefficient (Wildman–Crippen LogP) is 4.49. The third-order valence-corrected chi connectivity index (χ3v) is 5.64. The lowest BCUT2D eigenvalue weighted by Crippen LogP contribution is -2.12. The molecule has 5 nitrogen and oxygen atoms in total. The topological polar surface area (TPSA) is 72.0 Å². The van der Waals surface area contributed by atoms with Gasteiger partial charge in [0.15, 0.2) is 0 Å². The molecule has 0 saturated heterocycles. The Labute approximate surface area is 147 Å². The first-order chi connectivity index (χ1) is 11.7. The number of fused-ring (bicyclic) bond motifs is 2. The molecule has 24 heavy (non-hydrogen) atoms. The highest BCUT2D eigenvalue weighted by Gasteiger charge is 2.27. The number of hydrogen-bond acceptors (Lipinski definition) is 3. The van der Waals surface area contributed by atoms with Crippen molar-refractivity contribution >= 4 is 38.2 Å². The summed E-state index contributed by atoms with van der Waals surface area (Å²) in [5, 5.41) is 1.14. The van der Waals surface area contributed by atoms with Crippen LogP contribution in [0.15, 0.2) is 41.1 Å². The summed E-state index contributed by atoms with van der Waals surface area (Å²) in [6.45, 7) is 0. The largest absolute Gasteiger partial charge is 0.382 e. The van der Waals surface area contributed by atoms with Crippen molar-refractivity contribution < 1.29 is 0 Å². The van der Waals surface area contributed by atoms with Gasteiger partial charge in [0.25, 0.3) is 0 Å². The van der Waals surface area contributed by atoms with Gasteiger partial charge in [0.1, 0.15) is 22.9 Å². The SMILES string of the molecule is Nc1nccn2c(C3CCC3)nc(-c3cc4c(Br)cccc4[nH]3)c12. The van der Waals surface area contributed by atoms with Crippen LogP contribution in [-0.2, 0) is 0 Å². The van der Waals surface area contributed by atoms with Crippen molar-refractivity contribution in [2.24, 2.45) is 0 Å². The van der Waals surface area contributed by atoms with Gasteiger partial charge in [-0.1, -0.05) is 28.4 Å². The van der Waals surface area contributed by atoms with Crippen LogP contribution in [-0.4, -0.2) is 19.4 Å². The number of nitrogens with zero attached hydrogens (tertiary/aromatic N) is 3. The average molecular weight is 382 g/mol. The third-order valence-electron chi connectivity index (χ3n) is 4.95. The van der Waals surface area contributed by atoms with Crippen molar-refractivity contribution in [1.29, 1.82) is 0 Å². The van der Waals surface area contributed by atoms with Crippen molar-refractivity contribution in [3.63, 3.8) is 0 Å². The van der Waals surface area contributed by atoms with Gasteiger partial charge in [0, 0.05) is 33.7 Å². The fraction of sp³-hybridized carbons (Fsp3) is 0.222. The van der Waals surface area contributed by atoms with Gasteiger partial charge < -0.3 is 10.7 Å². The Morgan fingerprint density at radius 3 is 2.92 bits per heavy atom. The number of H-pyrrole nitrogens is 1. The maximum atomic E-state index is 6.20. The number of halogens is 1. The number of rotatable bonds is 2. The molecular formula is C18H16BrN5. The highest BCUT2D eigenvalue weighted by molar-refractivity contribution is 9.10. The Hall–Kier alpha value is -2.34. The summed E-state index contributed by atoms with van der Waals surface area (Å²) in [7, 11) is 0. The molecule has 1 aliphatic carbocycles. The Morgan fingerprint density at radius 1 is 1.29 bits per heavy atom. The maximum absolute atomic E-state index is 6.20. The van der Waals surface area contributed by atoms with Crippen molar-refractivity contribution in [3.8, 4) is 11.4 Å². The molecule has 6 heteroatoms. The Kier molecular flexibility index (Phi) is 2.97. The molecule has 3 heterocycles. The number of benzene rings is 1. The van der Waals surface area contributed by atoms with E-state index in [0.29, 0.717) is 11.7 Å². The van der Waals surface area contributed by atoms with Crippen molar-refractivity contribution in [3.05, 3.63) is 47.0 Å². The van der Waals surface area contributed by atoms with Gasteiger partial charge in [-0.15, -0.1) is 0 Å². The Balaban J connectivity index is 1.80. The second-order valence-corrected chi connectivity index (χ2v) is 7.22. The van der Waals surface area contributed by atoms with E-state index in [9.17, 15) is 0 Å². The van der Waals surface area contributed by atoms with Crippen molar-refractivity contribution in [1.82, 2.24) is 19.4 Å². The van der Waals surface area contributed by atoms with E-state index >= 15 is 0 Å². The minimum Gasteiger partial charge on any atom is -0.382 e. The maximum Gasteiger partial charge on any atom is 0.150 e. The van der Waals surface area contributed by atoms with Gasteiger partial charge >= 0.3 is 0 Å². The van der Waals surface area contributed by atoms with Gasteiger partial charge in [0.05, 0.1) is 5.69 Å². The number of aromatic nitrogens is 4. The van der Waals surface area contributed by atoms with Crippen LogP contribution in [0.1, 0.15) is 31.0 Å². The minimum atomic E-state index is 0.517. The standard InChI is InChI=1S/C18H16BrN5/c19-12-5-2-6-13-11(12)9-14(22-13)15-16-17(20)21-7-8-24(16)18(23-15)10-3-1-4-10/h2,5-10,22H,1,3-4H2,(H2,20,21). The molecule has 0 amide bonds. The molecule has 1 fully saturated rings. The summed E-state index contributed by atoms with van der Waals surface area (Å²) < 4.78 is 3.18. The minimum absolute atomic E-state index is 0.517. The molecule has 0 bridgehead atoms. The molecule has 3 N–H and O–H groups in total. The molecule has 1 saturated carbocycles. The number of hydrogen-bond donors (Lipinski definition) is 2. The summed E-state index contributed by atoms with van der Waals surface area (Å²) in [4.78, 5) is 12.7. The summed E-state index contributed by atoms with van der Waals surface area (Å²) >= 11 is 3.61. The first-order valence-electron chi connectivity index (χ1n) is 8.12. The quantitative estimate of drug-likeness (QED) is 0.537. The second kappa shape index (κ2) is 5.08. The molecule has 5 rings (SSSR count). The van der Waals surface area contributed by atoms with Crippen LogP contribution < -0.4 is 5.73 Å². The average Bonchev–Trinajstić information content (AvgIpc) is 3.09. The van der Waals surface area contributed by atoms with E-state index in [4.69, 9.17) is 10.7 Å². The van der Waals surface area contributed by atoms with E-state index < -0.39 is 0 Å². The zero-order chi connectivity index (χ0) is 16.3. The molecule has 0 atom stereocenters. The zero-order valence-corrected chi connectivity index (χ0v) is 14.5. The lowest BCUT2D eigenvalue weighted by atomic mass is 9.85. The van der Waals surface area contributed by atoms with Crippen LogP contribution in [0.2, 0.25) is 0 Å². The fourth-order valence-corrected chi connectivity index (χ4v) is 3.96. The van der Waals surface area contributed by atoms with Gasteiger partial charge in [-0.05, 0) is 31.0 Å². The highest BCUT2D eigenvalue weighted by Crippen LogP contribution is 2.39. The monoisotopic (exact) mass is 381 g/mol.